The van der Waals surface area contributed by atoms with Gasteiger partial charge in [-0.15, -0.1) is 0 Å². The highest BCUT2D eigenvalue weighted by Gasteiger charge is 2.05. The molecular formula is C12H17N3O2. The van der Waals surface area contributed by atoms with Gasteiger partial charge in [0.05, 0.1) is 6.54 Å². The van der Waals surface area contributed by atoms with Gasteiger partial charge in [-0.25, -0.2) is 4.79 Å². The van der Waals surface area contributed by atoms with Crippen molar-refractivity contribution in [3.8, 4) is 0 Å². The van der Waals surface area contributed by atoms with Crippen molar-refractivity contribution in [2.24, 2.45) is 0 Å². The van der Waals surface area contributed by atoms with Gasteiger partial charge in [0.2, 0.25) is 5.91 Å². The first-order valence-corrected chi connectivity index (χ1v) is 5.47. The Labute approximate surface area is 101 Å². The maximum Gasteiger partial charge on any atom is 0.319 e. The molecule has 1 aromatic rings. The zero-order chi connectivity index (χ0) is 12.7. The summed E-state index contributed by atoms with van der Waals surface area (Å²) in [4.78, 5) is 22.7. The number of carbonyl (C=O) groups is 2. The van der Waals surface area contributed by atoms with E-state index in [1.807, 2.05) is 32.0 Å². The predicted octanol–water partition coefficient (Wildman–Crippen LogP) is 1.33. The number of hydrogen-bond donors (Lipinski definition) is 3. The average molecular weight is 235 g/mol. The molecule has 0 radical (unpaired) electrons. The van der Waals surface area contributed by atoms with Crippen LogP contribution in [0, 0.1) is 0 Å². The van der Waals surface area contributed by atoms with Crippen molar-refractivity contribution in [3.05, 3.63) is 30.3 Å². The molecule has 0 unspecified atom stereocenters. The lowest BCUT2D eigenvalue weighted by Gasteiger charge is -2.10. The van der Waals surface area contributed by atoms with Crippen LogP contribution in [0.25, 0.3) is 0 Å². The molecule has 0 heterocycles. The zero-order valence-corrected chi connectivity index (χ0v) is 9.99. The molecule has 0 aliphatic heterocycles. The molecule has 3 amide bonds. The Bertz CT molecular complexity index is 377. The summed E-state index contributed by atoms with van der Waals surface area (Å²) < 4.78 is 0. The molecule has 0 atom stereocenters. The molecule has 92 valence electrons. The van der Waals surface area contributed by atoms with Gasteiger partial charge in [-0.05, 0) is 26.0 Å². The summed E-state index contributed by atoms with van der Waals surface area (Å²) in [6, 6.07) is 8.72. The van der Waals surface area contributed by atoms with Crippen LogP contribution in [-0.4, -0.2) is 24.5 Å². The fourth-order valence-corrected chi connectivity index (χ4v) is 1.23. The van der Waals surface area contributed by atoms with Gasteiger partial charge in [0.25, 0.3) is 0 Å². The second kappa shape index (κ2) is 6.52. The third-order valence-corrected chi connectivity index (χ3v) is 1.89. The molecule has 0 saturated carbocycles. The van der Waals surface area contributed by atoms with Crippen LogP contribution in [0.2, 0.25) is 0 Å². The lowest BCUT2D eigenvalue weighted by Crippen LogP contribution is -2.41. The molecule has 0 fully saturated rings. The predicted molar refractivity (Wildman–Crippen MR) is 66.7 cm³/mol. The number of rotatable bonds is 4. The second-order valence-corrected chi connectivity index (χ2v) is 3.90. The molecule has 5 heteroatoms. The largest absolute Gasteiger partial charge is 0.352 e. The zero-order valence-electron chi connectivity index (χ0n) is 9.99. The maximum atomic E-state index is 11.4. The van der Waals surface area contributed by atoms with E-state index in [0.717, 1.165) is 0 Å². The van der Waals surface area contributed by atoms with E-state index in [-0.39, 0.29) is 18.5 Å². The van der Waals surface area contributed by atoms with Crippen molar-refractivity contribution in [2.45, 2.75) is 19.9 Å². The Morgan fingerprint density at radius 2 is 1.82 bits per heavy atom. The molecule has 1 rings (SSSR count). The highest BCUT2D eigenvalue weighted by Crippen LogP contribution is 2.03. The first-order valence-electron chi connectivity index (χ1n) is 5.47. The summed E-state index contributed by atoms with van der Waals surface area (Å²) >= 11 is 0. The van der Waals surface area contributed by atoms with Gasteiger partial charge < -0.3 is 16.0 Å². The summed E-state index contributed by atoms with van der Waals surface area (Å²) in [5, 5.41) is 7.78. The minimum absolute atomic E-state index is 0.0309. The fourth-order valence-electron chi connectivity index (χ4n) is 1.23. The quantitative estimate of drug-likeness (QED) is 0.737. The fraction of sp³-hybridized carbons (Fsp3) is 0.333. The SMILES string of the molecule is CC(C)NC(=O)CNC(=O)Nc1ccccc1. The number of carbonyl (C=O) groups excluding carboxylic acids is 2. The number of nitrogens with one attached hydrogen (secondary N) is 3. The number of hydrogen-bond acceptors (Lipinski definition) is 2. The molecule has 3 N–H and O–H groups in total. The number of para-hydroxylation sites is 1. The van der Waals surface area contributed by atoms with Crippen LogP contribution in [0.15, 0.2) is 30.3 Å². The van der Waals surface area contributed by atoms with Crippen LogP contribution in [0.4, 0.5) is 10.5 Å². The van der Waals surface area contributed by atoms with Gasteiger partial charge in [-0.3, -0.25) is 4.79 Å². The summed E-state index contributed by atoms with van der Waals surface area (Å²) in [6.45, 7) is 3.70. The van der Waals surface area contributed by atoms with E-state index in [9.17, 15) is 9.59 Å². The average Bonchev–Trinajstić information content (AvgIpc) is 2.27. The van der Waals surface area contributed by atoms with Crippen molar-refractivity contribution >= 4 is 17.6 Å². The minimum Gasteiger partial charge on any atom is -0.352 e. The smallest absolute Gasteiger partial charge is 0.319 e. The lowest BCUT2D eigenvalue weighted by molar-refractivity contribution is -0.120. The molecule has 5 nitrogen and oxygen atoms in total. The highest BCUT2D eigenvalue weighted by atomic mass is 16.2. The molecule has 0 saturated heterocycles. The van der Waals surface area contributed by atoms with Crippen LogP contribution in [0.5, 0.6) is 0 Å². The Kier molecular flexibility index (Phi) is 5.00. The number of anilines is 1. The molecule has 0 aliphatic rings. The molecule has 0 bridgehead atoms. The van der Waals surface area contributed by atoms with Gasteiger partial charge in [-0.2, -0.15) is 0 Å². The van der Waals surface area contributed by atoms with Crippen molar-refractivity contribution in [1.29, 1.82) is 0 Å². The first kappa shape index (κ1) is 13.0. The van der Waals surface area contributed by atoms with Crippen molar-refractivity contribution in [1.82, 2.24) is 10.6 Å². The van der Waals surface area contributed by atoms with E-state index >= 15 is 0 Å². The molecule has 0 spiro atoms. The molecule has 0 aromatic heterocycles. The van der Waals surface area contributed by atoms with Gasteiger partial charge in [0.15, 0.2) is 0 Å². The van der Waals surface area contributed by atoms with Crippen LogP contribution < -0.4 is 16.0 Å². The summed E-state index contributed by atoms with van der Waals surface area (Å²) in [5.74, 6) is -0.205. The Balaban J connectivity index is 2.29. The standard InChI is InChI=1S/C12H17N3O2/c1-9(2)14-11(16)8-13-12(17)15-10-6-4-3-5-7-10/h3-7,9H,8H2,1-2H3,(H,14,16)(H2,13,15,17). The number of urea groups is 1. The molecular weight excluding hydrogens is 218 g/mol. The van der Waals surface area contributed by atoms with Crippen molar-refractivity contribution in [3.63, 3.8) is 0 Å². The topological polar surface area (TPSA) is 70.2 Å². The van der Waals surface area contributed by atoms with E-state index in [4.69, 9.17) is 0 Å². The van der Waals surface area contributed by atoms with Crippen molar-refractivity contribution in [2.75, 3.05) is 11.9 Å². The monoisotopic (exact) mass is 235 g/mol. The molecule has 1 aromatic carbocycles. The lowest BCUT2D eigenvalue weighted by atomic mass is 10.3. The summed E-state index contributed by atoms with van der Waals surface area (Å²) in [5.41, 5.74) is 0.689. The Morgan fingerprint density at radius 3 is 2.41 bits per heavy atom. The molecule has 17 heavy (non-hydrogen) atoms. The van der Waals surface area contributed by atoms with Crippen LogP contribution in [-0.2, 0) is 4.79 Å². The van der Waals surface area contributed by atoms with E-state index < -0.39 is 6.03 Å². The summed E-state index contributed by atoms with van der Waals surface area (Å²) in [7, 11) is 0. The number of benzene rings is 1. The van der Waals surface area contributed by atoms with Crippen LogP contribution in [0.3, 0.4) is 0 Å². The third kappa shape index (κ3) is 5.55. The Hall–Kier alpha value is -2.04. The van der Waals surface area contributed by atoms with Crippen LogP contribution >= 0.6 is 0 Å². The van der Waals surface area contributed by atoms with E-state index in [1.54, 1.807) is 12.1 Å². The van der Waals surface area contributed by atoms with E-state index in [2.05, 4.69) is 16.0 Å². The second-order valence-electron chi connectivity index (χ2n) is 3.90. The van der Waals surface area contributed by atoms with E-state index in [0.29, 0.717) is 5.69 Å². The normalized spacial score (nSPS) is 9.82. The molecule has 0 aliphatic carbocycles. The van der Waals surface area contributed by atoms with Crippen LogP contribution in [0.1, 0.15) is 13.8 Å². The van der Waals surface area contributed by atoms with Crippen molar-refractivity contribution < 1.29 is 9.59 Å². The van der Waals surface area contributed by atoms with E-state index in [1.165, 1.54) is 0 Å². The van der Waals surface area contributed by atoms with Gasteiger partial charge in [0, 0.05) is 11.7 Å². The van der Waals surface area contributed by atoms with Gasteiger partial charge >= 0.3 is 6.03 Å². The highest BCUT2D eigenvalue weighted by molar-refractivity contribution is 5.92. The number of amides is 3. The third-order valence-electron chi connectivity index (χ3n) is 1.89. The summed E-state index contributed by atoms with van der Waals surface area (Å²) in [6.07, 6.45) is 0. The first-order chi connectivity index (χ1) is 8.08. The Morgan fingerprint density at radius 1 is 1.18 bits per heavy atom. The maximum absolute atomic E-state index is 11.4. The van der Waals surface area contributed by atoms with Gasteiger partial charge in [-0.1, -0.05) is 18.2 Å². The minimum atomic E-state index is -0.393. The van der Waals surface area contributed by atoms with Gasteiger partial charge in [0.1, 0.15) is 0 Å².